The Morgan fingerprint density at radius 2 is 1.66 bits per heavy atom. The Labute approximate surface area is 177 Å². The van der Waals surface area contributed by atoms with Crippen LogP contribution >= 0.6 is 11.6 Å². The molecular weight excluding hydrogens is 388 g/mol. The van der Waals surface area contributed by atoms with Crippen molar-refractivity contribution in [3.63, 3.8) is 0 Å². The predicted octanol–water partition coefficient (Wildman–Crippen LogP) is 4.25. The third-order valence-corrected chi connectivity index (χ3v) is 5.68. The predicted molar refractivity (Wildman–Crippen MR) is 115 cm³/mol. The van der Waals surface area contributed by atoms with E-state index in [4.69, 9.17) is 16.3 Å². The van der Waals surface area contributed by atoms with Gasteiger partial charge in [0, 0.05) is 23.6 Å². The monoisotopic (exact) mass is 415 g/mol. The smallest absolute Gasteiger partial charge is 0.362 e. The second-order valence-corrected chi connectivity index (χ2v) is 8.36. The van der Waals surface area contributed by atoms with Gasteiger partial charge >= 0.3 is 5.97 Å². The molecule has 29 heavy (non-hydrogen) atoms. The van der Waals surface area contributed by atoms with Crippen molar-refractivity contribution in [3.8, 4) is 0 Å². The molecule has 3 rings (SSSR count). The van der Waals surface area contributed by atoms with Crippen LogP contribution in [0.3, 0.4) is 0 Å². The van der Waals surface area contributed by atoms with E-state index >= 15 is 0 Å². The van der Waals surface area contributed by atoms with E-state index in [9.17, 15) is 9.59 Å². The lowest BCUT2D eigenvalue weighted by molar-refractivity contribution is -0.902. The molecule has 1 aliphatic heterocycles. The van der Waals surface area contributed by atoms with Gasteiger partial charge in [0.15, 0.2) is 13.1 Å². The topological polar surface area (TPSA) is 55.4 Å². The lowest BCUT2D eigenvalue weighted by Crippen LogP contribution is -2.53. The number of rotatable bonds is 7. The number of ether oxygens (including phenoxy) is 1. The summed E-state index contributed by atoms with van der Waals surface area (Å²) in [5.74, 6) is -0.348. The number of quaternary nitrogens is 1. The Morgan fingerprint density at radius 3 is 2.28 bits per heavy atom. The molecule has 0 atom stereocenters. The van der Waals surface area contributed by atoms with E-state index in [1.807, 2.05) is 56.3 Å². The number of nitrogens with zero attached hydrogens (tertiary/aromatic N) is 1. The number of amides is 1. The average molecular weight is 416 g/mol. The largest absolute Gasteiger partial charge is 0.457 e. The Hall–Kier alpha value is -2.37. The highest BCUT2D eigenvalue weighted by Gasteiger charge is 2.37. The molecule has 1 N–H and O–H groups in total. The minimum atomic E-state index is -0.262. The third kappa shape index (κ3) is 5.81. The van der Waals surface area contributed by atoms with Gasteiger partial charge in [-0.3, -0.25) is 4.79 Å². The van der Waals surface area contributed by atoms with Crippen LogP contribution in [0.2, 0.25) is 5.02 Å². The van der Waals surface area contributed by atoms with Crippen molar-refractivity contribution >= 4 is 29.2 Å². The molecular formula is C23H28ClN2O3+. The lowest BCUT2D eigenvalue weighted by Gasteiger charge is -2.32. The molecule has 154 valence electrons. The van der Waals surface area contributed by atoms with Crippen LogP contribution in [-0.2, 0) is 20.9 Å². The molecule has 6 heteroatoms. The van der Waals surface area contributed by atoms with Crippen LogP contribution < -0.4 is 5.32 Å². The highest BCUT2D eigenvalue weighted by molar-refractivity contribution is 6.30. The van der Waals surface area contributed by atoms with Crippen LogP contribution in [0.5, 0.6) is 0 Å². The number of hydrogen-bond donors (Lipinski definition) is 1. The number of nitrogens with one attached hydrogen (secondary N) is 1. The number of carbonyl (C=O) groups excluding carboxylic acids is 2. The first-order valence-electron chi connectivity index (χ1n) is 9.98. The quantitative estimate of drug-likeness (QED) is 0.543. The molecule has 2 aromatic carbocycles. The van der Waals surface area contributed by atoms with E-state index in [1.165, 1.54) is 0 Å². The Bertz CT molecular complexity index is 854. The molecule has 1 heterocycles. The summed E-state index contributed by atoms with van der Waals surface area (Å²) in [6.07, 6.45) is 2.02. The summed E-state index contributed by atoms with van der Waals surface area (Å²) in [7, 11) is 0. The van der Waals surface area contributed by atoms with Crippen molar-refractivity contribution in [1.29, 1.82) is 0 Å². The third-order valence-electron chi connectivity index (χ3n) is 5.46. The van der Waals surface area contributed by atoms with Crippen molar-refractivity contribution in [1.82, 2.24) is 0 Å². The lowest BCUT2D eigenvalue weighted by atomic mass is 10.1. The Morgan fingerprint density at radius 1 is 1.03 bits per heavy atom. The van der Waals surface area contributed by atoms with Gasteiger partial charge in [-0.1, -0.05) is 41.9 Å². The molecule has 1 aliphatic rings. The first-order chi connectivity index (χ1) is 13.9. The van der Waals surface area contributed by atoms with Crippen LogP contribution in [0.15, 0.2) is 42.5 Å². The zero-order valence-corrected chi connectivity index (χ0v) is 17.8. The van der Waals surface area contributed by atoms with Crippen LogP contribution in [0.1, 0.15) is 29.5 Å². The van der Waals surface area contributed by atoms with Crippen LogP contribution in [0.25, 0.3) is 0 Å². The van der Waals surface area contributed by atoms with Gasteiger partial charge in [0.2, 0.25) is 0 Å². The first-order valence-corrected chi connectivity index (χ1v) is 10.4. The molecule has 1 saturated heterocycles. The molecule has 0 saturated carbocycles. The zero-order valence-electron chi connectivity index (χ0n) is 17.0. The van der Waals surface area contributed by atoms with Gasteiger partial charge in [-0.25, -0.2) is 4.79 Å². The fraction of sp³-hybridized carbons (Fsp3) is 0.391. The Kier molecular flexibility index (Phi) is 6.93. The standard InChI is InChI=1S/C23H27ClN2O3/c1-17-12-20(24)13-18(2)23(17)25-21(27)14-26(10-6-7-11-26)15-22(28)29-16-19-8-4-3-5-9-19/h3-5,8-9,12-13H,6-7,10-11,14-16H2,1-2H3/p+1. The zero-order chi connectivity index (χ0) is 20.9. The van der Waals surface area contributed by atoms with Crippen molar-refractivity contribution in [3.05, 3.63) is 64.2 Å². The molecule has 1 fully saturated rings. The van der Waals surface area contributed by atoms with Crippen LogP contribution in [0, 0.1) is 13.8 Å². The SMILES string of the molecule is Cc1cc(Cl)cc(C)c1NC(=O)C[N+]1(CC(=O)OCc2ccccc2)CCCC1. The molecule has 0 radical (unpaired) electrons. The second kappa shape index (κ2) is 9.42. The highest BCUT2D eigenvalue weighted by Crippen LogP contribution is 2.26. The van der Waals surface area contributed by atoms with Crippen molar-refractivity contribution < 1.29 is 18.8 Å². The maximum atomic E-state index is 12.8. The van der Waals surface area contributed by atoms with E-state index in [0.29, 0.717) is 9.51 Å². The molecule has 5 nitrogen and oxygen atoms in total. The summed E-state index contributed by atoms with van der Waals surface area (Å²) < 4.78 is 5.91. The summed E-state index contributed by atoms with van der Waals surface area (Å²) in [5.41, 5.74) is 3.61. The number of carbonyl (C=O) groups is 2. The fourth-order valence-corrected chi connectivity index (χ4v) is 4.35. The average Bonchev–Trinajstić information content (AvgIpc) is 3.11. The summed E-state index contributed by atoms with van der Waals surface area (Å²) in [5, 5.41) is 3.68. The second-order valence-electron chi connectivity index (χ2n) is 7.92. The highest BCUT2D eigenvalue weighted by atomic mass is 35.5. The van der Waals surface area contributed by atoms with Gasteiger partial charge in [-0.05, 0) is 42.7 Å². The van der Waals surface area contributed by atoms with Gasteiger partial charge in [-0.15, -0.1) is 0 Å². The molecule has 0 aliphatic carbocycles. The maximum Gasteiger partial charge on any atom is 0.362 e. The number of hydrogen-bond acceptors (Lipinski definition) is 3. The van der Waals surface area contributed by atoms with E-state index in [1.54, 1.807) is 0 Å². The Balaban J connectivity index is 1.61. The summed E-state index contributed by atoms with van der Waals surface area (Å²) in [6, 6.07) is 13.3. The van der Waals surface area contributed by atoms with Crippen LogP contribution in [0.4, 0.5) is 5.69 Å². The number of aryl methyl sites for hydroxylation is 2. The van der Waals surface area contributed by atoms with E-state index in [-0.39, 0.29) is 31.6 Å². The van der Waals surface area contributed by atoms with E-state index in [2.05, 4.69) is 5.32 Å². The van der Waals surface area contributed by atoms with Crippen LogP contribution in [-0.4, -0.2) is 42.5 Å². The minimum Gasteiger partial charge on any atom is -0.457 e. The molecule has 0 aromatic heterocycles. The van der Waals surface area contributed by atoms with Crippen molar-refractivity contribution in [2.45, 2.75) is 33.3 Å². The minimum absolute atomic E-state index is 0.0868. The number of esters is 1. The van der Waals surface area contributed by atoms with Gasteiger partial charge in [0.1, 0.15) is 6.61 Å². The van der Waals surface area contributed by atoms with Crippen molar-refractivity contribution in [2.24, 2.45) is 0 Å². The van der Waals surface area contributed by atoms with E-state index in [0.717, 1.165) is 48.3 Å². The van der Waals surface area contributed by atoms with Crippen molar-refractivity contribution in [2.75, 3.05) is 31.5 Å². The normalized spacial score (nSPS) is 15.1. The van der Waals surface area contributed by atoms with Gasteiger partial charge in [0.05, 0.1) is 13.1 Å². The molecule has 0 unspecified atom stereocenters. The summed E-state index contributed by atoms with van der Waals surface area (Å²) in [4.78, 5) is 25.3. The number of benzene rings is 2. The number of likely N-dealkylation sites (tertiary alicyclic amines) is 1. The molecule has 2 aromatic rings. The molecule has 1 amide bonds. The first kappa shape index (κ1) is 21.3. The van der Waals surface area contributed by atoms with Gasteiger partial charge < -0.3 is 14.5 Å². The summed E-state index contributed by atoms with van der Waals surface area (Å²) >= 11 is 6.08. The molecule has 0 spiro atoms. The molecule has 0 bridgehead atoms. The fourth-order valence-electron chi connectivity index (χ4n) is 4.03. The number of halogens is 1. The van der Waals surface area contributed by atoms with Gasteiger partial charge in [-0.2, -0.15) is 0 Å². The maximum absolute atomic E-state index is 12.8. The van der Waals surface area contributed by atoms with Gasteiger partial charge in [0.25, 0.3) is 5.91 Å². The number of anilines is 1. The summed E-state index contributed by atoms with van der Waals surface area (Å²) in [6.45, 7) is 6.22. The van der Waals surface area contributed by atoms with E-state index < -0.39 is 0 Å².